The molecule has 1 aliphatic carbocycles. The number of hydrogen-bond acceptors (Lipinski definition) is 2. The van der Waals surface area contributed by atoms with Crippen LogP contribution in [0.4, 0.5) is 0 Å². The molecule has 0 bridgehead atoms. The molecule has 0 amide bonds. The Hall–Kier alpha value is -0.0800. The molecule has 0 radical (unpaired) electrons. The van der Waals surface area contributed by atoms with E-state index in [1.54, 1.807) is 0 Å². The van der Waals surface area contributed by atoms with Crippen LogP contribution in [0.1, 0.15) is 72.1 Å². The summed E-state index contributed by atoms with van der Waals surface area (Å²) in [6.45, 7) is 7.32. The highest BCUT2D eigenvalue weighted by molar-refractivity contribution is 4.84. The summed E-state index contributed by atoms with van der Waals surface area (Å²) in [5.41, 5.74) is -0.493. The van der Waals surface area contributed by atoms with Crippen molar-refractivity contribution in [2.45, 2.75) is 83.8 Å². The summed E-state index contributed by atoms with van der Waals surface area (Å²) >= 11 is 0. The molecule has 0 heterocycles. The van der Waals surface area contributed by atoms with E-state index < -0.39 is 5.60 Å². The monoisotopic (exact) mass is 241 g/mol. The van der Waals surface area contributed by atoms with Crippen LogP contribution in [0, 0.1) is 5.92 Å². The van der Waals surface area contributed by atoms with Crippen LogP contribution >= 0.6 is 0 Å². The molecule has 2 nitrogen and oxygen atoms in total. The maximum absolute atomic E-state index is 10.6. The lowest BCUT2D eigenvalue weighted by Crippen LogP contribution is -2.45. The fourth-order valence-corrected chi connectivity index (χ4v) is 2.78. The Morgan fingerprint density at radius 1 is 1.24 bits per heavy atom. The van der Waals surface area contributed by atoms with Gasteiger partial charge in [-0.1, -0.05) is 46.5 Å². The van der Waals surface area contributed by atoms with Crippen LogP contribution in [-0.4, -0.2) is 23.3 Å². The first-order chi connectivity index (χ1) is 8.09. The van der Waals surface area contributed by atoms with Gasteiger partial charge in [-0.15, -0.1) is 0 Å². The summed E-state index contributed by atoms with van der Waals surface area (Å²) in [6.07, 6.45) is 9.64. The Kier molecular flexibility index (Phi) is 6.50. The normalized spacial score (nSPS) is 23.3. The lowest BCUT2D eigenvalue weighted by molar-refractivity contribution is 0.0104. The standard InChI is InChI=1S/C15H31NO/c1-4-13(3)11-15(17,5-2)12-16-14-9-7-6-8-10-14/h13-14,16-17H,4-12H2,1-3H3. The van der Waals surface area contributed by atoms with Crippen molar-refractivity contribution in [1.82, 2.24) is 5.32 Å². The van der Waals surface area contributed by atoms with Crippen molar-refractivity contribution in [2.75, 3.05) is 6.54 Å². The van der Waals surface area contributed by atoms with Gasteiger partial charge in [-0.2, -0.15) is 0 Å². The van der Waals surface area contributed by atoms with Crippen LogP contribution in [-0.2, 0) is 0 Å². The Morgan fingerprint density at radius 3 is 2.41 bits per heavy atom. The van der Waals surface area contributed by atoms with Gasteiger partial charge < -0.3 is 10.4 Å². The Labute approximate surface area is 107 Å². The molecule has 1 fully saturated rings. The molecule has 1 aliphatic rings. The zero-order valence-electron chi connectivity index (χ0n) is 12.0. The third-order valence-electron chi connectivity index (χ3n) is 4.41. The zero-order valence-corrected chi connectivity index (χ0v) is 12.0. The molecule has 0 saturated heterocycles. The summed E-state index contributed by atoms with van der Waals surface area (Å²) in [7, 11) is 0. The van der Waals surface area contributed by atoms with Gasteiger partial charge in [-0.3, -0.25) is 0 Å². The van der Waals surface area contributed by atoms with Crippen LogP contribution in [0.3, 0.4) is 0 Å². The van der Waals surface area contributed by atoms with Gasteiger partial charge >= 0.3 is 0 Å². The molecule has 102 valence electrons. The third kappa shape index (κ3) is 5.39. The van der Waals surface area contributed by atoms with E-state index in [2.05, 4.69) is 26.1 Å². The van der Waals surface area contributed by atoms with Gasteiger partial charge in [0.15, 0.2) is 0 Å². The second-order valence-corrected chi connectivity index (χ2v) is 6.01. The highest BCUT2D eigenvalue weighted by Crippen LogP contribution is 2.23. The molecule has 2 atom stereocenters. The highest BCUT2D eigenvalue weighted by Gasteiger charge is 2.27. The van der Waals surface area contributed by atoms with Crippen LogP contribution < -0.4 is 5.32 Å². The predicted molar refractivity (Wildman–Crippen MR) is 74.2 cm³/mol. The van der Waals surface area contributed by atoms with Gasteiger partial charge in [0.2, 0.25) is 0 Å². The Morgan fingerprint density at radius 2 is 1.88 bits per heavy atom. The molecule has 1 saturated carbocycles. The van der Waals surface area contributed by atoms with E-state index in [4.69, 9.17) is 0 Å². The smallest absolute Gasteiger partial charge is 0.0771 e. The number of nitrogens with one attached hydrogen (secondary N) is 1. The maximum atomic E-state index is 10.6. The second kappa shape index (κ2) is 7.38. The highest BCUT2D eigenvalue weighted by atomic mass is 16.3. The van der Waals surface area contributed by atoms with E-state index >= 15 is 0 Å². The summed E-state index contributed by atoms with van der Waals surface area (Å²) in [6, 6.07) is 0.652. The third-order valence-corrected chi connectivity index (χ3v) is 4.41. The largest absolute Gasteiger partial charge is 0.389 e. The number of rotatable bonds is 7. The van der Waals surface area contributed by atoms with Crippen LogP contribution in [0.5, 0.6) is 0 Å². The van der Waals surface area contributed by atoms with Gasteiger partial charge in [-0.25, -0.2) is 0 Å². The minimum absolute atomic E-state index is 0.493. The zero-order chi connectivity index (χ0) is 12.7. The molecule has 0 aromatic heterocycles. The van der Waals surface area contributed by atoms with E-state index in [9.17, 15) is 5.11 Å². The predicted octanol–water partition coefficient (Wildman–Crippen LogP) is 3.49. The Balaban J connectivity index is 2.33. The molecule has 1 rings (SSSR count). The summed E-state index contributed by atoms with van der Waals surface area (Å²) < 4.78 is 0. The SMILES string of the molecule is CCC(C)CC(O)(CC)CNC1CCCCC1. The quantitative estimate of drug-likeness (QED) is 0.715. The van der Waals surface area contributed by atoms with Crippen LogP contribution in [0.25, 0.3) is 0 Å². The summed E-state index contributed by atoms with van der Waals surface area (Å²) in [4.78, 5) is 0. The van der Waals surface area contributed by atoms with Crippen molar-refractivity contribution < 1.29 is 5.11 Å². The average molecular weight is 241 g/mol. The van der Waals surface area contributed by atoms with Gasteiger partial charge in [0.05, 0.1) is 5.60 Å². The lowest BCUT2D eigenvalue weighted by atomic mass is 9.87. The van der Waals surface area contributed by atoms with Crippen LogP contribution in [0.2, 0.25) is 0 Å². The van der Waals surface area contributed by atoms with Crippen molar-refractivity contribution in [3.05, 3.63) is 0 Å². The summed E-state index contributed by atoms with van der Waals surface area (Å²) in [5.74, 6) is 0.619. The molecule has 17 heavy (non-hydrogen) atoms. The van der Waals surface area contributed by atoms with Crippen molar-refractivity contribution in [1.29, 1.82) is 0 Å². The molecular weight excluding hydrogens is 210 g/mol. The van der Waals surface area contributed by atoms with Gasteiger partial charge in [0, 0.05) is 12.6 Å². The first kappa shape index (κ1) is 15.0. The van der Waals surface area contributed by atoms with Gasteiger partial charge in [0.1, 0.15) is 0 Å². The first-order valence-electron chi connectivity index (χ1n) is 7.55. The van der Waals surface area contributed by atoms with E-state index in [1.165, 1.54) is 32.1 Å². The van der Waals surface area contributed by atoms with Crippen molar-refractivity contribution >= 4 is 0 Å². The Bertz CT molecular complexity index is 201. The maximum Gasteiger partial charge on any atom is 0.0771 e. The van der Waals surface area contributed by atoms with Crippen LogP contribution in [0.15, 0.2) is 0 Å². The molecule has 2 unspecified atom stereocenters. The summed E-state index contributed by atoms with van der Waals surface area (Å²) in [5, 5.41) is 14.2. The molecule has 0 spiro atoms. The fraction of sp³-hybridized carbons (Fsp3) is 1.00. The second-order valence-electron chi connectivity index (χ2n) is 6.01. The average Bonchev–Trinajstić information content (AvgIpc) is 2.37. The molecule has 2 N–H and O–H groups in total. The number of hydrogen-bond donors (Lipinski definition) is 2. The fourth-order valence-electron chi connectivity index (χ4n) is 2.78. The van der Waals surface area contributed by atoms with E-state index in [0.717, 1.165) is 25.8 Å². The molecule has 2 heteroatoms. The van der Waals surface area contributed by atoms with Crippen molar-refractivity contribution in [2.24, 2.45) is 5.92 Å². The van der Waals surface area contributed by atoms with Crippen molar-refractivity contribution in [3.63, 3.8) is 0 Å². The number of aliphatic hydroxyl groups is 1. The lowest BCUT2D eigenvalue weighted by Gasteiger charge is -2.33. The first-order valence-corrected chi connectivity index (χ1v) is 7.55. The van der Waals surface area contributed by atoms with Crippen molar-refractivity contribution in [3.8, 4) is 0 Å². The molecule has 0 aromatic carbocycles. The van der Waals surface area contributed by atoms with Gasteiger partial charge in [0.25, 0.3) is 0 Å². The van der Waals surface area contributed by atoms with E-state index in [-0.39, 0.29) is 0 Å². The molecular formula is C15H31NO. The minimum atomic E-state index is -0.493. The topological polar surface area (TPSA) is 32.3 Å². The van der Waals surface area contributed by atoms with E-state index in [0.29, 0.717) is 12.0 Å². The molecule has 0 aromatic rings. The van der Waals surface area contributed by atoms with Gasteiger partial charge in [-0.05, 0) is 31.6 Å². The van der Waals surface area contributed by atoms with E-state index in [1.807, 2.05) is 0 Å². The minimum Gasteiger partial charge on any atom is -0.389 e. The molecule has 0 aliphatic heterocycles.